The van der Waals surface area contributed by atoms with E-state index in [-0.39, 0.29) is 11.2 Å². The highest BCUT2D eigenvalue weighted by atomic mass is 16.5. The lowest BCUT2D eigenvalue weighted by atomic mass is 9.87. The van der Waals surface area contributed by atoms with Gasteiger partial charge in [0.2, 0.25) is 5.78 Å². The van der Waals surface area contributed by atoms with E-state index < -0.39 is 6.10 Å². The topological polar surface area (TPSA) is 26.3 Å². The van der Waals surface area contributed by atoms with E-state index >= 15 is 0 Å². The molecule has 0 N–H and O–H groups in total. The normalized spacial score (nSPS) is 12.4. The Morgan fingerprint density at radius 3 is 1.85 bits per heavy atom. The lowest BCUT2D eigenvalue weighted by Crippen LogP contribution is -2.19. The number of ether oxygens (including phenoxy) is 1. The first-order chi connectivity index (χ1) is 12.4. The third kappa shape index (κ3) is 4.20. The highest BCUT2D eigenvalue weighted by Crippen LogP contribution is 2.28. The van der Waals surface area contributed by atoms with E-state index in [1.165, 1.54) is 5.56 Å². The second kappa shape index (κ2) is 7.57. The van der Waals surface area contributed by atoms with Gasteiger partial charge >= 0.3 is 0 Å². The van der Waals surface area contributed by atoms with Crippen molar-refractivity contribution in [3.8, 4) is 5.75 Å². The quantitative estimate of drug-likeness (QED) is 0.532. The number of hydrogen-bond acceptors (Lipinski definition) is 2. The maximum Gasteiger partial charge on any atom is 0.207 e. The van der Waals surface area contributed by atoms with Crippen LogP contribution in [-0.2, 0) is 5.41 Å². The van der Waals surface area contributed by atoms with Crippen LogP contribution in [0, 0.1) is 0 Å². The summed E-state index contributed by atoms with van der Waals surface area (Å²) in [5.41, 5.74) is 2.81. The number of benzene rings is 3. The summed E-state index contributed by atoms with van der Waals surface area (Å²) >= 11 is 0. The fraction of sp³-hybridized carbons (Fsp3) is 0.208. The van der Waals surface area contributed by atoms with Crippen LogP contribution >= 0.6 is 0 Å². The molecule has 3 rings (SSSR count). The molecule has 132 valence electrons. The molecule has 0 fully saturated rings. The van der Waals surface area contributed by atoms with Crippen LogP contribution in [0.2, 0.25) is 0 Å². The van der Waals surface area contributed by atoms with Crippen LogP contribution in [0.4, 0.5) is 0 Å². The van der Waals surface area contributed by atoms with Crippen LogP contribution in [0.25, 0.3) is 0 Å². The van der Waals surface area contributed by atoms with Crippen molar-refractivity contribution in [2.45, 2.75) is 32.3 Å². The summed E-state index contributed by atoms with van der Waals surface area (Å²) in [4.78, 5) is 13.1. The van der Waals surface area contributed by atoms with Crippen LogP contribution in [0.15, 0.2) is 84.9 Å². The average Bonchev–Trinajstić information content (AvgIpc) is 2.66. The van der Waals surface area contributed by atoms with Crippen molar-refractivity contribution in [3.05, 3.63) is 102 Å². The summed E-state index contributed by atoms with van der Waals surface area (Å²) in [5.74, 6) is 0.646. The Bertz CT molecular complexity index is 844. The second-order valence-corrected chi connectivity index (χ2v) is 7.41. The van der Waals surface area contributed by atoms with Gasteiger partial charge in [0.05, 0.1) is 0 Å². The van der Waals surface area contributed by atoms with Crippen molar-refractivity contribution in [2.24, 2.45) is 0 Å². The lowest BCUT2D eigenvalue weighted by Gasteiger charge is -2.21. The molecule has 0 spiro atoms. The predicted octanol–water partition coefficient (Wildman–Crippen LogP) is 5.99. The first-order valence-corrected chi connectivity index (χ1v) is 8.86. The molecule has 2 nitrogen and oxygen atoms in total. The van der Waals surface area contributed by atoms with E-state index in [2.05, 4.69) is 32.9 Å². The van der Waals surface area contributed by atoms with Crippen LogP contribution < -0.4 is 4.74 Å². The molecule has 0 aliphatic carbocycles. The van der Waals surface area contributed by atoms with E-state index in [1.807, 2.05) is 72.8 Å². The molecule has 2 heteroatoms. The summed E-state index contributed by atoms with van der Waals surface area (Å²) in [6.45, 7) is 6.53. The van der Waals surface area contributed by atoms with Gasteiger partial charge in [-0.15, -0.1) is 0 Å². The third-order valence-electron chi connectivity index (χ3n) is 4.37. The second-order valence-electron chi connectivity index (χ2n) is 7.41. The van der Waals surface area contributed by atoms with E-state index in [4.69, 9.17) is 4.74 Å². The first-order valence-electron chi connectivity index (χ1n) is 8.86. The molecular weight excluding hydrogens is 320 g/mol. The fourth-order valence-corrected chi connectivity index (χ4v) is 2.82. The van der Waals surface area contributed by atoms with Gasteiger partial charge in [0.1, 0.15) is 5.75 Å². The van der Waals surface area contributed by atoms with Gasteiger partial charge in [0.15, 0.2) is 6.10 Å². The van der Waals surface area contributed by atoms with Crippen LogP contribution in [0.1, 0.15) is 48.4 Å². The van der Waals surface area contributed by atoms with Gasteiger partial charge in [-0.05, 0) is 23.1 Å². The van der Waals surface area contributed by atoms with E-state index in [1.54, 1.807) is 0 Å². The van der Waals surface area contributed by atoms with Crippen LogP contribution in [-0.4, -0.2) is 5.78 Å². The highest BCUT2D eigenvalue weighted by Gasteiger charge is 2.24. The number of ketones is 1. The lowest BCUT2D eigenvalue weighted by molar-refractivity contribution is 0.0792. The fourth-order valence-electron chi connectivity index (χ4n) is 2.82. The maximum atomic E-state index is 13.1. The summed E-state index contributed by atoms with van der Waals surface area (Å²) in [5, 5.41) is 0. The highest BCUT2D eigenvalue weighted by molar-refractivity contribution is 6.00. The molecule has 3 aromatic carbocycles. The number of carbonyl (C=O) groups excluding carboxylic acids is 1. The van der Waals surface area contributed by atoms with E-state index in [0.29, 0.717) is 11.3 Å². The molecule has 0 radical (unpaired) electrons. The Morgan fingerprint density at radius 1 is 0.769 bits per heavy atom. The Hall–Kier alpha value is -2.87. The minimum atomic E-state index is -0.668. The summed E-state index contributed by atoms with van der Waals surface area (Å²) in [7, 11) is 0. The zero-order chi connectivity index (χ0) is 18.6. The summed E-state index contributed by atoms with van der Waals surface area (Å²) in [6, 6.07) is 26.9. The minimum absolute atomic E-state index is 0.0447. The molecule has 0 heterocycles. The molecule has 0 saturated heterocycles. The number of carbonyl (C=O) groups is 1. The molecule has 0 aliphatic heterocycles. The molecular formula is C24H24O2. The molecule has 26 heavy (non-hydrogen) atoms. The molecule has 1 atom stereocenters. The molecule has 3 aromatic rings. The third-order valence-corrected chi connectivity index (χ3v) is 4.37. The smallest absolute Gasteiger partial charge is 0.207 e. The van der Waals surface area contributed by atoms with E-state index in [9.17, 15) is 4.79 Å². The average molecular weight is 344 g/mol. The summed E-state index contributed by atoms with van der Waals surface area (Å²) in [6.07, 6.45) is -0.668. The Kier molecular flexibility index (Phi) is 5.22. The summed E-state index contributed by atoms with van der Waals surface area (Å²) < 4.78 is 6.13. The Labute approximate surface area is 155 Å². The Morgan fingerprint density at radius 2 is 1.31 bits per heavy atom. The van der Waals surface area contributed by atoms with Gasteiger partial charge < -0.3 is 4.74 Å². The van der Waals surface area contributed by atoms with Crippen LogP contribution in [0.5, 0.6) is 5.75 Å². The molecule has 0 bridgehead atoms. The van der Waals surface area contributed by atoms with Crippen LogP contribution in [0.3, 0.4) is 0 Å². The van der Waals surface area contributed by atoms with Gasteiger partial charge in [0, 0.05) is 11.1 Å². The van der Waals surface area contributed by atoms with E-state index in [0.717, 1.165) is 5.56 Å². The SMILES string of the molecule is CC(C)(C)c1ccc(OC(C(=O)c2ccccc2)c2ccccc2)cc1. The largest absolute Gasteiger partial charge is 0.478 e. The van der Waals surface area contributed by atoms with Gasteiger partial charge in [-0.25, -0.2) is 0 Å². The standard InChI is InChI=1S/C24H24O2/c1-24(2,3)20-14-16-21(17-15-20)26-23(19-12-8-5-9-13-19)22(25)18-10-6-4-7-11-18/h4-17,23H,1-3H3. The Balaban J connectivity index is 1.91. The number of rotatable bonds is 5. The van der Waals surface area contributed by atoms with Crippen molar-refractivity contribution in [1.82, 2.24) is 0 Å². The predicted molar refractivity (Wildman–Crippen MR) is 106 cm³/mol. The van der Waals surface area contributed by atoms with Crippen molar-refractivity contribution in [1.29, 1.82) is 0 Å². The minimum Gasteiger partial charge on any atom is -0.478 e. The van der Waals surface area contributed by atoms with Crippen molar-refractivity contribution in [3.63, 3.8) is 0 Å². The molecule has 1 unspecified atom stereocenters. The molecule has 0 saturated carbocycles. The molecule has 0 amide bonds. The van der Waals surface area contributed by atoms with Crippen molar-refractivity contribution >= 4 is 5.78 Å². The zero-order valence-corrected chi connectivity index (χ0v) is 15.5. The van der Waals surface area contributed by atoms with Gasteiger partial charge in [-0.2, -0.15) is 0 Å². The van der Waals surface area contributed by atoms with Crippen molar-refractivity contribution in [2.75, 3.05) is 0 Å². The van der Waals surface area contributed by atoms with Gasteiger partial charge in [0.25, 0.3) is 0 Å². The number of hydrogen-bond donors (Lipinski definition) is 0. The first kappa shape index (κ1) is 17.9. The molecule has 0 aliphatic rings. The van der Waals surface area contributed by atoms with Gasteiger partial charge in [-0.1, -0.05) is 93.6 Å². The van der Waals surface area contributed by atoms with Gasteiger partial charge in [-0.3, -0.25) is 4.79 Å². The zero-order valence-electron chi connectivity index (χ0n) is 15.5. The van der Waals surface area contributed by atoms with Crippen molar-refractivity contribution < 1.29 is 9.53 Å². The molecule has 0 aromatic heterocycles. The maximum absolute atomic E-state index is 13.1. The monoisotopic (exact) mass is 344 g/mol. The number of Topliss-reactive ketones (excluding diaryl/α,β-unsaturated/α-hetero) is 1.